The van der Waals surface area contributed by atoms with Gasteiger partial charge in [-0.2, -0.15) is 0 Å². The van der Waals surface area contributed by atoms with Crippen molar-refractivity contribution < 1.29 is 14.3 Å². The summed E-state index contributed by atoms with van der Waals surface area (Å²) in [6.07, 6.45) is 0.429. The fourth-order valence-corrected chi connectivity index (χ4v) is 4.50. The molecule has 3 aromatic rings. The number of carbonyl (C=O) groups excluding carboxylic acids is 2. The predicted molar refractivity (Wildman–Crippen MR) is 131 cm³/mol. The first kappa shape index (κ1) is 22.6. The third-order valence-corrected chi connectivity index (χ3v) is 6.40. The van der Waals surface area contributed by atoms with Crippen molar-refractivity contribution in [2.24, 2.45) is 0 Å². The van der Waals surface area contributed by atoms with E-state index in [1.807, 2.05) is 73.7 Å². The van der Waals surface area contributed by atoms with E-state index in [1.165, 1.54) is 0 Å². The van der Waals surface area contributed by atoms with Gasteiger partial charge in [0.15, 0.2) is 0 Å². The van der Waals surface area contributed by atoms with Gasteiger partial charge in [0.25, 0.3) is 5.91 Å². The molecule has 0 fully saturated rings. The van der Waals surface area contributed by atoms with Crippen LogP contribution in [0.5, 0.6) is 5.75 Å². The first-order valence-corrected chi connectivity index (χ1v) is 11.3. The van der Waals surface area contributed by atoms with E-state index in [2.05, 4.69) is 25.2 Å². The minimum Gasteiger partial charge on any atom is -0.496 e. The van der Waals surface area contributed by atoms with E-state index in [0.29, 0.717) is 24.4 Å². The van der Waals surface area contributed by atoms with E-state index in [0.717, 1.165) is 28.1 Å². The largest absolute Gasteiger partial charge is 0.496 e. The number of carbonyl (C=O) groups is 2. The highest BCUT2D eigenvalue weighted by atomic mass is 16.5. The van der Waals surface area contributed by atoms with Crippen molar-refractivity contribution in [2.75, 3.05) is 12.0 Å². The number of ether oxygens (including phenoxy) is 1. The van der Waals surface area contributed by atoms with Crippen LogP contribution in [0.25, 0.3) is 0 Å². The second-order valence-electron chi connectivity index (χ2n) is 8.99. The van der Waals surface area contributed by atoms with Gasteiger partial charge in [-0.1, -0.05) is 62.4 Å². The van der Waals surface area contributed by atoms with Crippen LogP contribution in [-0.4, -0.2) is 24.5 Å². The van der Waals surface area contributed by atoms with Gasteiger partial charge >= 0.3 is 0 Å². The third-order valence-electron chi connectivity index (χ3n) is 6.40. The molecule has 4 rings (SSSR count). The van der Waals surface area contributed by atoms with Crippen LogP contribution in [0.15, 0.2) is 72.8 Å². The maximum absolute atomic E-state index is 13.7. The summed E-state index contributed by atoms with van der Waals surface area (Å²) >= 11 is 0. The molecule has 1 N–H and O–H groups in total. The second-order valence-corrected chi connectivity index (χ2v) is 8.99. The van der Waals surface area contributed by atoms with Crippen molar-refractivity contribution in [3.05, 3.63) is 95.1 Å². The maximum Gasteiger partial charge on any atom is 0.259 e. The first-order valence-electron chi connectivity index (χ1n) is 11.3. The Labute approximate surface area is 195 Å². The number of anilines is 1. The number of rotatable bonds is 6. The molecule has 2 amide bonds. The summed E-state index contributed by atoms with van der Waals surface area (Å²) in [7, 11) is 1.61. The van der Waals surface area contributed by atoms with Crippen LogP contribution >= 0.6 is 0 Å². The van der Waals surface area contributed by atoms with Crippen LogP contribution in [0.1, 0.15) is 53.7 Å². The minimum absolute atomic E-state index is 0.160. The van der Waals surface area contributed by atoms with E-state index >= 15 is 0 Å². The molecule has 0 radical (unpaired) electrons. The molecular weight excluding hydrogens is 412 g/mol. The SMILES string of the molecule is COc1ccccc1CNC(=O)[C@@]1(C)Cc2ccccc2C(=O)N1c1cccc(C(C)C)c1. The molecule has 1 heterocycles. The number of hydrogen-bond donors (Lipinski definition) is 1. The van der Waals surface area contributed by atoms with Gasteiger partial charge in [-0.15, -0.1) is 0 Å². The summed E-state index contributed by atoms with van der Waals surface area (Å²) in [5.41, 5.74) is 3.18. The van der Waals surface area contributed by atoms with E-state index < -0.39 is 5.54 Å². The highest BCUT2D eigenvalue weighted by Gasteiger charge is 2.47. The van der Waals surface area contributed by atoms with Gasteiger partial charge in [-0.3, -0.25) is 14.5 Å². The van der Waals surface area contributed by atoms with Gasteiger partial charge in [-0.05, 0) is 48.2 Å². The van der Waals surface area contributed by atoms with Crippen LogP contribution in [0, 0.1) is 0 Å². The van der Waals surface area contributed by atoms with E-state index in [-0.39, 0.29) is 11.8 Å². The Morgan fingerprint density at radius 1 is 1.06 bits per heavy atom. The van der Waals surface area contributed by atoms with Gasteiger partial charge in [0, 0.05) is 29.8 Å². The molecule has 0 saturated carbocycles. The molecule has 5 heteroatoms. The highest BCUT2D eigenvalue weighted by Crippen LogP contribution is 2.36. The fraction of sp³-hybridized carbons (Fsp3) is 0.286. The molecule has 1 aliphatic rings. The van der Waals surface area contributed by atoms with Gasteiger partial charge in [0.05, 0.1) is 7.11 Å². The highest BCUT2D eigenvalue weighted by molar-refractivity contribution is 6.14. The minimum atomic E-state index is -1.08. The second kappa shape index (κ2) is 9.10. The Morgan fingerprint density at radius 2 is 1.79 bits per heavy atom. The lowest BCUT2D eigenvalue weighted by atomic mass is 9.82. The van der Waals surface area contributed by atoms with E-state index in [1.54, 1.807) is 12.0 Å². The molecule has 33 heavy (non-hydrogen) atoms. The molecule has 0 aliphatic carbocycles. The van der Waals surface area contributed by atoms with Crippen molar-refractivity contribution >= 4 is 17.5 Å². The summed E-state index contributed by atoms with van der Waals surface area (Å²) in [5, 5.41) is 3.06. The van der Waals surface area contributed by atoms with E-state index in [4.69, 9.17) is 4.74 Å². The molecule has 0 saturated heterocycles. The molecule has 0 aromatic heterocycles. The number of nitrogens with one attached hydrogen (secondary N) is 1. The lowest BCUT2D eigenvalue weighted by Gasteiger charge is -2.44. The first-order chi connectivity index (χ1) is 15.8. The van der Waals surface area contributed by atoms with Crippen LogP contribution in [0.3, 0.4) is 0 Å². The quantitative estimate of drug-likeness (QED) is 0.578. The average Bonchev–Trinajstić information content (AvgIpc) is 2.82. The number of hydrogen-bond acceptors (Lipinski definition) is 3. The number of para-hydroxylation sites is 1. The van der Waals surface area contributed by atoms with Crippen molar-refractivity contribution in [1.82, 2.24) is 5.32 Å². The van der Waals surface area contributed by atoms with E-state index in [9.17, 15) is 9.59 Å². The maximum atomic E-state index is 13.7. The number of methoxy groups -OCH3 is 1. The average molecular weight is 443 g/mol. The zero-order valence-corrected chi connectivity index (χ0v) is 19.6. The Bertz CT molecular complexity index is 1190. The van der Waals surface area contributed by atoms with Crippen molar-refractivity contribution in [1.29, 1.82) is 0 Å². The van der Waals surface area contributed by atoms with Crippen LogP contribution in [0.2, 0.25) is 0 Å². The summed E-state index contributed by atoms with van der Waals surface area (Å²) < 4.78 is 5.42. The molecular formula is C28H30N2O3. The lowest BCUT2D eigenvalue weighted by molar-refractivity contribution is -0.126. The predicted octanol–water partition coefficient (Wildman–Crippen LogP) is 5.10. The summed E-state index contributed by atoms with van der Waals surface area (Å²) in [4.78, 5) is 29.1. The fourth-order valence-electron chi connectivity index (χ4n) is 4.50. The molecule has 0 bridgehead atoms. The number of amides is 2. The Kier molecular flexibility index (Phi) is 6.23. The van der Waals surface area contributed by atoms with Crippen molar-refractivity contribution in [3.63, 3.8) is 0 Å². The zero-order valence-electron chi connectivity index (χ0n) is 19.6. The molecule has 1 atom stereocenters. The van der Waals surface area contributed by atoms with Gasteiger partial charge in [0.2, 0.25) is 5.91 Å². The number of nitrogens with zero attached hydrogens (tertiary/aromatic N) is 1. The zero-order chi connectivity index (χ0) is 23.6. The third kappa shape index (κ3) is 4.23. The molecule has 0 unspecified atom stereocenters. The van der Waals surface area contributed by atoms with Gasteiger partial charge < -0.3 is 10.1 Å². The normalized spacial score (nSPS) is 17.6. The van der Waals surface area contributed by atoms with Crippen molar-refractivity contribution in [2.45, 2.75) is 45.2 Å². The Balaban J connectivity index is 1.73. The summed E-state index contributed by atoms with van der Waals surface area (Å²) in [5.74, 6) is 0.663. The molecule has 3 aromatic carbocycles. The van der Waals surface area contributed by atoms with Gasteiger partial charge in [0.1, 0.15) is 11.3 Å². The van der Waals surface area contributed by atoms with Crippen LogP contribution in [0.4, 0.5) is 5.69 Å². The summed E-state index contributed by atoms with van der Waals surface area (Å²) in [6.45, 7) is 6.39. The number of benzene rings is 3. The Morgan fingerprint density at radius 3 is 2.55 bits per heavy atom. The lowest BCUT2D eigenvalue weighted by Crippen LogP contribution is -2.63. The van der Waals surface area contributed by atoms with Crippen LogP contribution < -0.4 is 15.0 Å². The van der Waals surface area contributed by atoms with Crippen molar-refractivity contribution in [3.8, 4) is 5.75 Å². The standard InChI is InChI=1S/C28H30N2O3/c1-19(2)20-12-9-13-23(16-20)30-26(31)24-14-7-5-10-21(24)17-28(30,3)27(32)29-18-22-11-6-8-15-25(22)33-4/h5-16,19H,17-18H2,1-4H3,(H,29,32)/t28-/m1/s1. The smallest absolute Gasteiger partial charge is 0.259 e. The molecule has 5 nitrogen and oxygen atoms in total. The molecule has 1 aliphatic heterocycles. The number of fused-ring (bicyclic) bond motifs is 1. The van der Waals surface area contributed by atoms with Gasteiger partial charge in [-0.25, -0.2) is 0 Å². The Hall–Kier alpha value is -3.60. The van der Waals surface area contributed by atoms with Crippen LogP contribution in [-0.2, 0) is 17.8 Å². The molecule has 170 valence electrons. The summed E-state index contributed by atoms with van der Waals surface area (Å²) in [6, 6.07) is 23.1. The topological polar surface area (TPSA) is 58.6 Å². The molecule has 0 spiro atoms. The monoisotopic (exact) mass is 442 g/mol.